The van der Waals surface area contributed by atoms with Gasteiger partial charge in [0.25, 0.3) is 11.1 Å². The highest BCUT2D eigenvalue weighted by Crippen LogP contribution is 2.36. The van der Waals surface area contributed by atoms with Crippen LogP contribution in [0.3, 0.4) is 0 Å². The number of rotatable bonds is 3. The van der Waals surface area contributed by atoms with Gasteiger partial charge in [0.1, 0.15) is 5.52 Å². The van der Waals surface area contributed by atoms with E-state index in [1.54, 1.807) is 51.0 Å². The maximum absolute atomic E-state index is 13.0. The normalized spacial score (nSPS) is 11.9. The molecule has 0 aliphatic heterocycles. The van der Waals surface area contributed by atoms with Crippen LogP contribution in [0.15, 0.2) is 71.0 Å². The van der Waals surface area contributed by atoms with E-state index in [0.29, 0.717) is 27.8 Å². The Morgan fingerprint density at radius 3 is 2.35 bits per heavy atom. The van der Waals surface area contributed by atoms with Crippen LogP contribution in [0.5, 0.6) is 0 Å². The maximum atomic E-state index is 13.0. The molecule has 0 radical (unpaired) electrons. The zero-order chi connectivity index (χ0) is 24.2. The number of fused-ring (bicyclic) bond motifs is 1. The fraction of sp³-hybridized carbons (Fsp3) is 0.130. The molecule has 0 saturated heterocycles. The third kappa shape index (κ3) is 3.51. The molecule has 8 nitrogen and oxygen atoms in total. The van der Waals surface area contributed by atoms with E-state index in [9.17, 15) is 22.8 Å². The lowest BCUT2D eigenvalue weighted by Crippen LogP contribution is -2.18. The molecule has 172 valence electrons. The first-order valence-corrected chi connectivity index (χ1v) is 10.1. The van der Waals surface area contributed by atoms with Crippen molar-refractivity contribution in [3.8, 4) is 33.5 Å². The van der Waals surface area contributed by atoms with E-state index in [1.807, 2.05) is 6.07 Å². The van der Waals surface area contributed by atoms with Crippen LogP contribution in [-0.2, 0) is 20.4 Å². The van der Waals surface area contributed by atoms with Gasteiger partial charge >= 0.3 is 6.30 Å². The first-order valence-electron chi connectivity index (χ1n) is 10.1. The smallest absolute Gasteiger partial charge is 0.350 e. The van der Waals surface area contributed by atoms with Crippen molar-refractivity contribution in [1.29, 1.82) is 0 Å². The number of pyridine rings is 3. The molecule has 0 aromatic carbocycles. The highest BCUT2D eigenvalue weighted by molar-refractivity contribution is 6.00. The van der Waals surface area contributed by atoms with Gasteiger partial charge in [-0.2, -0.15) is 9.78 Å². The Morgan fingerprint density at radius 2 is 1.68 bits per heavy atom. The van der Waals surface area contributed by atoms with Crippen molar-refractivity contribution in [2.45, 2.75) is 6.30 Å². The monoisotopic (exact) mass is 466 g/mol. The predicted octanol–water partition coefficient (Wildman–Crippen LogP) is 3.63. The lowest BCUT2D eigenvalue weighted by molar-refractivity contribution is -0.212. The summed E-state index contributed by atoms with van der Waals surface area (Å²) < 4.78 is 41.7. The molecular formula is C23H17F3N6O2. The minimum Gasteiger partial charge on any atom is -0.350 e. The number of H-pyrrole nitrogens is 1. The third-order valence-electron chi connectivity index (χ3n) is 5.61. The van der Waals surface area contributed by atoms with Gasteiger partial charge in [0.2, 0.25) is 0 Å². The van der Waals surface area contributed by atoms with Crippen LogP contribution in [0.2, 0.25) is 0 Å². The largest absolute Gasteiger partial charge is 0.504 e. The quantitative estimate of drug-likeness (QED) is 0.440. The molecule has 1 N–H and O–H groups in total. The molecule has 0 atom stereocenters. The topological polar surface area (TPSA) is 90.5 Å². The molecule has 11 heteroatoms. The number of aromatic amines is 1. The van der Waals surface area contributed by atoms with Crippen LogP contribution in [0.1, 0.15) is 0 Å². The van der Waals surface area contributed by atoms with Crippen molar-refractivity contribution in [2.24, 2.45) is 14.1 Å². The van der Waals surface area contributed by atoms with Crippen molar-refractivity contribution in [3.63, 3.8) is 0 Å². The van der Waals surface area contributed by atoms with Gasteiger partial charge in [-0.25, -0.2) is 0 Å². The number of halogens is 3. The van der Waals surface area contributed by atoms with Gasteiger partial charge in [-0.3, -0.25) is 14.6 Å². The molecule has 0 saturated carbocycles. The van der Waals surface area contributed by atoms with Crippen LogP contribution in [0.25, 0.3) is 44.4 Å². The number of alkyl halides is 3. The number of hydrogen-bond acceptors (Lipinski definition) is 4. The molecule has 5 aromatic rings. The van der Waals surface area contributed by atoms with Crippen LogP contribution < -0.4 is 11.1 Å². The van der Waals surface area contributed by atoms with E-state index in [0.717, 1.165) is 18.0 Å². The van der Waals surface area contributed by atoms with Crippen molar-refractivity contribution in [1.82, 2.24) is 28.9 Å². The molecule has 0 fully saturated rings. The molecule has 0 unspecified atom stereocenters. The molecule has 0 amide bonds. The zero-order valence-corrected chi connectivity index (χ0v) is 18.0. The molecule has 0 aliphatic rings. The average Bonchev–Trinajstić information content (AvgIpc) is 3.46. The second-order valence-electron chi connectivity index (χ2n) is 7.86. The number of hydrogen-bond donors (Lipinski definition) is 1. The van der Waals surface area contributed by atoms with Crippen LogP contribution in [0.4, 0.5) is 13.2 Å². The minimum absolute atomic E-state index is 0.103. The Labute approximate surface area is 189 Å². The van der Waals surface area contributed by atoms with Crippen molar-refractivity contribution >= 4 is 10.9 Å². The number of nitrogens with zero attached hydrogens (tertiary/aromatic N) is 5. The number of aromatic nitrogens is 6. The maximum Gasteiger partial charge on any atom is 0.504 e. The van der Waals surface area contributed by atoms with E-state index in [4.69, 9.17) is 0 Å². The lowest BCUT2D eigenvalue weighted by Gasteiger charge is -2.13. The van der Waals surface area contributed by atoms with Gasteiger partial charge < -0.3 is 14.1 Å². The summed E-state index contributed by atoms with van der Waals surface area (Å²) in [6.45, 7) is 0. The fourth-order valence-corrected chi connectivity index (χ4v) is 3.91. The molecule has 5 aromatic heterocycles. The van der Waals surface area contributed by atoms with Gasteiger partial charge in [0.05, 0.1) is 6.20 Å². The Hall–Kier alpha value is -4.41. The molecular weight excluding hydrogens is 449 g/mol. The molecule has 0 bridgehead atoms. The molecule has 34 heavy (non-hydrogen) atoms. The summed E-state index contributed by atoms with van der Waals surface area (Å²) in [6.07, 6.45) is 3.85. The summed E-state index contributed by atoms with van der Waals surface area (Å²) in [5, 5.41) is 3.84. The highest BCUT2D eigenvalue weighted by atomic mass is 19.4. The summed E-state index contributed by atoms with van der Waals surface area (Å²) in [5.74, 6) is 0. The predicted molar refractivity (Wildman–Crippen MR) is 120 cm³/mol. The molecule has 0 spiro atoms. The van der Waals surface area contributed by atoms with Crippen LogP contribution in [0, 0.1) is 0 Å². The fourth-order valence-electron chi connectivity index (χ4n) is 3.91. The Balaban J connectivity index is 1.79. The third-order valence-corrected chi connectivity index (χ3v) is 5.61. The summed E-state index contributed by atoms with van der Waals surface area (Å²) in [4.78, 5) is 32.5. The standard InChI is InChI=1S/C23H17F3N6O2/c1-30-11-17(13-4-3-5-27-8-13)15(7-20(30)33)18-12-31(2)22(34)21-16(18)6-19(29-21)14-9-28-32(10-14)23(24,25)26/h3-12,29H,1-2H3. The van der Waals surface area contributed by atoms with E-state index >= 15 is 0 Å². The second-order valence-corrected chi connectivity index (χ2v) is 7.86. The van der Waals surface area contributed by atoms with E-state index in [2.05, 4.69) is 15.1 Å². The lowest BCUT2D eigenvalue weighted by atomic mass is 9.96. The SMILES string of the molecule is Cn1cc(-c2cccnc2)c(-c2cn(C)c(=O)c3[nH]c(-c4cnn(C(F)(F)F)c4)cc23)cc1=O. The van der Waals surface area contributed by atoms with Gasteiger partial charge in [-0.1, -0.05) is 6.07 Å². The van der Waals surface area contributed by atoms with Crippen molar-refractivity contribution in [3.05, 3.63) is 82.2 Å². The summed E-state index contributed by atoms with van der Waals surface area (Å²) in [6, 6.07) is 6.68. The van der Waals surface area contributed by atoms with Crippen molar-refractivity contribution in [2.75, 3.05) is 0 Å². The van der Waals surface area contributed by atoms with E-state index < -0.39 is 6.30 Å². The zero-order valence-electron chi connectivity index (χ0n) is 18.0. The molecule has 5 heterocycles. The van der Waals surface area contributed by atoms with Gasteiger partial charge in [0.15, 0.2) is 0 Å². The average molecular weight is 466 g/mol. The van der Waals surface area contributed by atoms with Gasteiger partial charge in [0, 0.05) is 84.5 Å². The second kappa shape index (κ2) is 7.58. The minimum atomic E-state index is -4.66. The summed E-state index contributed by atoms with van der Waals surface area (Å²) in [5.41, 5.74) is 2.65. The number of nitrogens with one attached hydrogen (secondary N) is 1. The number of aryl methyl sites for hydroxylation is 2. The van der Waals surface area contributed by atoms with E-state index in [1.165, 1.54) is 15.2 Å². The first-order chi connectivity index (χ1) is 16.1. The van der Waals surface area contributed by atoms with Crippen LogP contribution in [-0.4, -0.2) is 28.9 Å². The summed E-state index contributed by atoms with van der Waals surface area (Å²) >= 11 is 0. The first kappa shape index (κ1) is 21.4. The Kier molecular flexibility index (Phi) is 4.78. The van der Waals surface area contributed by atoms with Gasteiger partial charge in [-0.15, -0.1) is 13.2 Å². The Bertz CT molecular complexity index is 1660. The molecule has 0 aliphatic carbocycles. The van der Waals surface area contributed by atoms with E-state index in [-0.39, 0.29) is 26.9 Å². The summed E-state index contributed by atoms with van der Waals surface area (Å²) in [7, 11) is 3.20. The Morgan fingerprint density at radius 1 is 0.912 bits per heavy atom. The van der Waals surface area contributed by atoms with Crippen molar-refractivity contribution < 1.29 is 13.2 Å². The van der Waals surface area contributed by atoms with Gasteiger partial charge in [-0.05, 0) is 17.7 Å². The molecule has 5 rings (SSSR count). The highest BCUT2D eigenvalue weighted by Gasteiger charge is 2.32. The van der Waals surface area contributed by atoms with Crippen LogP contribution >= 0.6 is 0 Å².